The molecule has 1 aromatic carbocycles. The first-order valence-corrected chi connectivity index (χ1v) is 8.24. The quantitative estimate of drug-likeness (QED) is 0.820. The number of hydrogen-bond acceptors (Lipinski definition) is 3. The number of urea groups is 1. The third-order valence-corrected chi connectivity index (χ3v) is 4.17. The molecule has 0 aromatic heterocycles. The third kappa shape index (κ3) is 4.71. The summed E-state index contributed by atoms with van der Waals surface area (Å²) in [6.45, 7) is 4.01. The van der Waals surface area contributed by atoms with Gasteiger partial charge in [-0.1, -0.05) is 38.1 Å². The van der Waals surface area contributed by atoms with Crippen LogP contribution in [0.15, 0.2) is 24.3 Å². The molecule has 2 atom stereocenters. The molecule has 5 nitrogen and oxygen atoms in total. The van der Waals surface area contributed by atoms with Gasteiger partial charge < -0.3 is 15.4 Å². The van der Waals surface area contributed by atoms with E-state index in [-0.39, 0.29) is 18.0 Å². The Morgan fingerprint density at radius 1 is 1.30 bits per heavy atom. The summed E-state index contributed by atoms with van der Waals surface area (Å²) < 4.78 is 4.78. The van der Waals surface area contributed by atoms with E-state index in [1.165, 1.54) is 18.2 Å². The summed E-state index contributed by atoms with van der Waals surface area (Å²) in [5.41, 5.74) is 2.46. The SMILES string of the molecule is COC(=O)[C@H](CC(C)C)NC(=O)N[C@@H]1CCCc2ccccc21. The zero-order valence-corrected chi connectivity index (χ0v) is 14.1. The second-order valence-electron chi connectivity index (χ2n) is 6.47. The van der Waals surface area contributed by atoms with Crippen LogP contribution in [0.4, 0.5) is 4.79 Å². The molecule has 2 rings (SSSR count). The lowest BCUT2D eigenvalue weighted by molar-refractivity contribution is -0.143. The fourth-order valence-electron chi connectivity index (χ4n) is 3.09. The molecule has 0 fully saturated rings. The van der Waals surface area contributed by atoms with Crippen LogP contribution in [0.1, 0.15) is 50.3 Å². The fourth-order valence-corrected chi connectivity index (χ4v) is 3.09. The van der Waals surface area contributed by atoms with Gasteiger partial charge in [-0.05, 0) is 42.7 Å². The van der Waals surface area contributed by atoms with Crippen LogP contribution in [0.2, 0.25) is 0 Å². The van der Waals surface area contributed by atoms with Gasteiger partial charge in [-0.25, -0.2) is 9.59 Å². The predicted molar refractivity (Wildman–Crippen MR) is 89.0 cm³/mol. The summed E-state index contributed by atoms with van der Waals surface area (Å²) in [6.07, 6.45) is 3.57. The van der Waals surface area contributed by atoms with Crippen LogP contribution < -0.4 is 10.6 Å². The van der Waals surface area contributed by atoms with Gasteiger partial charge in [-0.3, -0.25) is 0 Å². The molecule has 0 saturated carbocycles. The van der Waals surface area contributed by atoms with Crippen LogP contribution in [0.3, 0.4) is 0 Å². The average molecular weight is 318 g/mol. The number of rotatable bonds is 5. The Hall–Kier alpha value is -2.04. The predicted octanol–water partition coefficient (Wildman–Crippen LogP) is 2.95. The van der Waals surface area contributed by atoms with E-state index in [1.807, 2.05) is 26.0 Å². The van der Waals surface area contributed by atoms with Crippen molar-refractivity contribution in [1.82, 2.24) is 10.6 Å². The van der Waals surface area contributed by atoms with E-state index in [4.69, 9.17) is 4.74 Å². The van der Waals surface area contributed by atoms with Crippen LogP contribution >= 0.6 is 0 Å². The van der Waals surface area contributed by atoms with E-state index in [0.717, 1.165) is 19.3 Å². The highest BCUT2D eigenvalue weighted by Crippen LogP contribution is 2.29. The number of aryl methyl sites for hydroxylation is 1. The van der Waals surface area contributed by atoms with Crippen molar-refractivity contribution in [3.63, 3.8) is 0 Å². The normalized spacial score (nSPS) is 18.0. The van der Waals surface area contributed by atoms with Gasteiger partial charge in [0.05, 0.1) is 13.2 Å². The van der Waals surface area contributed by atoms with Crippen LogP contribution in [0.5, 0.6) is 0 Å². The maximum Gasteiger partial charge on any atom is 0.328 e. The van der Waals surface area contributed by atoms with Crippen molar-refractivity contribution in [3.8, 4) is 0 Å². The molecule has 2 N–H and O–H groups in total. The first-order chi connectivity index (χ1) is 11.0. The number of fused-ring (bicyclic) bond motifs is 1. The number of carbonyl (C=O) groups is 2. The minimum atomic E-state index is -0.612. The maximum atomic E-state index is 12.3. The van der Waals surface area contributed by atoms with Gasteiger partial charge >= 0.3 is 12.0 Å². The van der Waals surface area contributed by atoms with Crippen LogP contribution in [-0.2, 0) is 16.0 Å². The Balaban J connectivity index is 2.00. The monoisotopic (exact) mass is 318 g/mol. The van der Waals surface area contributed by atoms with Gasteiger partial charge in [0.25, 0.3) is 0 Å². The number of ether oxygens (including phenoxy) is 1. The van der Waals surface area contributed by atoms with E-state index in [9.17, 15) is 9.59 Å². The maximum absolute atomic E-state index is 12.3. The number of esters is 1. The Morgan fingerprint density at radius 2 is 2.04 bits per heavy atom. The molecule has 5 heteroatoms. The molecule has 0 unspecified atom stereocenters. The number of carbonyl (C=O) groups excluding carboxylic acids is 2. The van der Waals surface area contributed by atoms with Crippen LogP contribution in [0, 0.1) is 5.92 Å². The molecular weight excluding hydrogens is 292 g/mol. The Bertz CT molecular complexity index is 557. The van der Waals surface area contributed by atoms with Crippen molar-refractivity contribution in [2.75, 3.05) is 7.11 Å². The van der Waals surface area contributed by atoms with Crippen LogP contribution in [-0.4, -0.2) is 25.2 Å². The minimum absolute atomic E-state index is 0.00250. The highest BCUT2D eigenvalue weighted by atomic mass is 16.5. The summed E-state index contributed by atoms with van der Waals surface area (Å²) in [7, 11) is 1.34. The van der Waals surface area contributed by atoms with E-state index in [0.29, 0.717) is 6.42 Å². The zero-order chi connectivity index (χ0) is 16.8. The lowest BCUT2D eigenvalue weighted by atomic mass is 9.88. The molecular formula is C18H26N2O3. The van der Waals surface area contributed by atoms with Gasteiger partial charge in [0.2, 0.25) is 0 Å². The first kappa shape index (κ1) is 17.3. The van der Waals surface area contributed by atoms with Crippen LogP contribution in [0.25, 0.3) is 0 Å². The average Bonchev–Trinajstić information content (AvgIpc) is 2.53. The van der Waals surface area contributed by atoms with Gasteiger partial charge in [0, 0.05) is 0 Å². The lowest BCUT2D eigenvalue weighted by Crippen LogP contribution is -2.48. The highest BCUT2D eigenvalue weighted by molar-refractivity contribution is 5.83. The number of benzene rings is 1. The number of nitrogens with one attached hydrogen (secondary N) is 2. The van der Waals surface area contributed by atoms with E-state index in [2.05, 4.69) is 22.8 Å². The molecule has 0 aliphatic heterocycles. The Kier molecular flexibility index (Phi) is 6.02. The highest BCUT2D eigenvalue weighted by Gasteiger charge is 2.25. The van der Waals surface area contributed by atoms with Gasteiger partial charge in [-0.15, -0.1) is 0 Å². The molecule has 1 aromatic rings. The standard InChI is InChI=1S/C18H26N2O3/c1-12(2)11-16(17(21)23-3)20-18(22)19-15-10-6-8-13-7-4-5-9-14(13)15/h4-5,7,9,12,15-16H,6,8,10-11H2,1-3H3,(H2,19,20,22)/t15-,16+/m1/s1. The summed E-state index contributed by atoms with van der Waals surface area (Å²) in [5.74, 6) is -0.118. The van der Waals surface area contributed by atoms with E-state index in [1.54, 1.807) is 0 Å². The fraction of sp³-hybridized carbons (Fsp3) is 0.556. The largest absolute Gasteiger partial charge is 0.467 e. The second-order valence-corrected chi connectivity index (χ2v) is 6.47. The van der Waals surface area contributed by atoms with Crippen molar-refractivity contribution in [3.05, 3.63) is 35.4 Å². The number of methoxy groups -OCH3 is 1. The smallest absolute Gasteiger partial charge is 0.328 e. The van der Waals surface area contributed by atoms with Crippen molar-refractivity contribution in [2.24, 2.45) is 5.92 Å². The number of amides is 2. The summed E-state index contributed by atoms with van der Waals surface area (Å²) in [4.78, 5) is 24.1. The summed E-state index contributed by atoms with van der Waals surface area (Å²) in [5, 5.41) is 5.75. The minimum Gasteiger partial charge on any atom is -0.467 e. The molecule has 2 amide bonds. The molecule has 1 aliphatic carbocycles. The summed E-state index contributed by atoms with van der Waals surface area (Å²) >= 11 is 0. The van der Waals surface area contributed by atoms with E-state index >= 15 is 0 Å². The molecule has 0 radical (unpaired) electrons. The molecule has 0 bridgehead atoms. The first-order valence-electron chi connectivity index (χ1n) is 8.24. The van der Waals surface area contributed by atoms with Crippen molar-refractivity contribution < 1.29 is 14.3 Å². The second kappa shape index (κ2) is 7.99. The lowest BCUT2D eigenvalue weighted by Gasteiger charge is -2.27. The molecule has 0 heterocycles. The molecule has 126 valence electrons. The zero-order valence-electron chi connectivity index (χ0n) is 14.1. The topological polar surface area (TPSA) is 67.4 Å². The van der Waals surface area contributed by atoms with Gasteiger partial charge in [0.1, 0.15) is 6.04 Å². The van der Waals surface area contributed by atoms with Gasteiger partial charge in [0.15, 0.2) is 0 Å². The van der Waals surface area contributed by atoms with E-state index < -0.39 is 12.0 Å². The van der Waals surface area contributed by atoms with Gasteiger partial charge in [-0.2, -0.15) is 0 Å². The van der Waals surface area contributed by atoms with Crippen molar-refractivity contribution in [2.45, 2.75) is 51.6 Å². The Labute approximate surface area is 137 Å². The number of hydrogen-bond donors (Lipinski definition) is 2. The molecule has 1 aliphatic rings. The summed E-state index contributed by atoms with van der Waals surface area (Å²) in [6, 6.07) is 7.26. The van der Waals surface area contributed by atoms with Crippen molar-refractivity contribution >= 4 is 12.0 Å². The third-order valence-electron chi connectivity index (χ3n) is 4.17. The molecule has 0 spiro atoms. The Morgan fingerprint density at radius 3 is 2.74 bits per heavy atom. The molecule has 23 heavy (non-hydrogen) atoms. The molecule has 0 saturated heterocycles. The van der Waals surface area contributed by atoms with Crippen molar-refractivity contribution in [1.29, 1.82) is 0 Å².